The first-order valence-electron chi connectivity index (χ1n) is 8.64. The molecule has 154 valence electrons. The van der Waals surface area contributed by atoms with Crippen molar-refractivity contribution >= 4 is 22.8 Å². The molecule has 1 saturated carbocycles. The topological polar surface area (TPSA) is 94.2 Å². The lowest BCUT2D eigenvalue weighted by Crippen LogP contribution is -2.49. The summed E-state index contributed by atoms with van der Waals surface area (Å²) in [5.74, 6) is -2.18. The van der Waals surface area contributed by atoms with Gasteiger partial charge in [-0.3, -0.25) is 4.79 Å². The fourth-order valence-corrected chi connectivity index (χ4v) is 2.99. The molecule has 0 bridgehead atoms. The van der Waals surface area contributed by atoms with E-state index >= 15 is 0 Å². The van der Waals surface area contributed by atoms with Crippen molar-refractivity contribution in [1.82, 2.24) is 25.9 Å². The number of amides is 1. The third kappa shape index (κ3) is 3.87. The van der Waals surface area contributed by atoms with Crippen LogP contribution in [0.2, 0.25) is 0 Å². The zero-order chi connectivity index (χ0) is 20.8. The Kier molecular flexibility index (Phi) is 4.43. The van der Waals surface area contributed by atoms with Crippen molar-refractivity contribution in [3.05, 3.63) is 41.5 Å². The highest BCUT2D eigenvalue weighted by Gasteiger charge is 2.51. The zero-order valence-electron chi connectivity index (χ0n) is 14.8. The molecule has 0 atom stereocenters. The molecule has 2 aromatic rings. The summed E-state index contributed by atoms with van der Waals surface area (Å²) in [5, 5.41) is 7.62. The standard InChI is InChI=1S/C17H15F5N6O/c18-8-3-9-10(5-24-12(9)23-4-8)13-25-6-11(19)14(27-13)28-16(1-2-16)15(29)26-7-17(20,21)22/h3-5,28H,1-2,6-7H2,(H,23,24)(H,25,27)(H,26,29). The lowest BCUT2D eigenvalue weighted by atomic mass is 10.2. The first-order chi connectivity index (χ1) is 13.7. The van der Waals surface area contributed by atoms with Gasteiger partial charge in [-0.1, -0.05) is 0 Å². The molecule has 0 unspecified atom stereocenters. The van der Waals surface area contributed by atoms with E-state index in [0.29, 0.717) is 16.6 Å². The van der Waals surface area contributed by atoms with Crippen LogP contribution in [-0.2, 0) is 4.79 Å². The molecule has 0 aromatic carbocycles. The van der Waals surface area contributed by atoms with Crippen molar-refractivity contribution in [2.24, 2.45) is 4.99 Å². The Morgan fingerprint density at radius 3 is 2.72 bits per heavy atom. The minimum absolute atomic E-state index is 0.207. The summed E-state index contributed by atoms with van der Waals surface area (Å²) in [7, 11) is 0. The summed E-state index contributed by atoms with van der Waals surface area (Å²) in [6.45, 7) is -1.72. The molecule has 0 radical (unpaired) electrons. The summed E-state index contributed by atoms with van der Waals surface area (Å²) >= 11 is 0. The van der Waals surface area contributed by atoms with Gasteiger partial charge < -0.3 is 20.9 Å². The molecule has 29 heavy (non-hydrogen) atoms. The Labute approximate surface area is 160 Å². The van der Waals surface area contributed by atoms with Gasteiger partial charge in [0, 0.05) is 17.1 Å². The van der Waals surface area contributed by atoms with Crippen molar-refractivity contribution in [3.8, 4) is 0 Å². The van der Waals surface area contributed by atoms with Gasteiger partial charge in [0.25, 0.3) is 0 Å². The molecule has 4 N–H and O–H groups in total. The van der Waals surface area contributed by atoms with Gasteiger partial charge in [-0.05, 0) is 18.9 Å². The summed E-state index contributed by atoms with van der Waals surface area (Å²) in [4.78, 5) is 23.0. The number of aliphatic imine (C=N–C) groups is 1. The number of rotatable bonds is 5. The number of carbonyl (C=O) groups excluding carboxylic acids is 1. The first-order valence-corrected chi connectivity index (χ1v) is 8.64. The predicted molar refractivity (Wildman–Crippen MR) is 92.9 cm³/mol. The number of hydrogen-bond donors (Lipinski definition) is 4. The van der Waals surface area contributed by atoms with E-state index in [0.717, 1.165) is 6.20 Å². The number of nitrogens with zero attached hydrogens (tertiary/aromatic N) is 2. The third-order valence-electron chi connectivity index (χ3n) is 4.64. The van der Waals surface area contributed by atoms with Crippen molar-refractivity contribution in [3.63, 3.8) is 0 Å². The van der Waals surface area contributed by atoms with Crippen molar-refractivity contribution < 1.29 is 26.7 Å². The average Bonchev–Trinajstić information content (AvgIpc) is 3.32. The molecule has 12 heteroatoms. The fraction of sp³-hybridized carbons (Fsp3) is 0.353. The van der Waals surface area contributed by atoms with Crippen LogP contribution in [0, 0.1) is 5.82 Å². The Morgan fingerprint density at radius 1 is 1.28 bits per heavy atom. The molecular weight excluding hydrogens is 399 g/mol. The van der Waals surface area contributed by atoms with Crippen LogP contribution in [0.3, 0.4) is 0 Å². The maximum Gasteiger partial charge on any atom is 0.405 e. The maximum absolute atomic E-state index is 14.3. The average molecular weight is 414 g/mol. The van der Waals surface area contributed by atoms with Crippen molar-refractivity contribution in [2.45, 2.75) is 24.6 Å². The second-order valence-corrected chi connectivity index (χ2v) is 6.82. The number of nitrogens with one attached hydrogen (secondary N) is 4. The molecular formula is C17H15F5N6O. The van der Waals surface area contributed by atoms with Gasteiger partial charge in [0.15, 0.2) is 11.6 Å². The van der Waals surface area contributed by atoms with E-state index in [-0.39, 0.29) is 31.0 Å². The highest BCUT2D eigenvalue weighted by Crippen LogP contribution is 2.37. The Morgan fingerprint density at radius 2 is 2.03 bits per heavy atom. The summed E-state index contributed by atoms with van der Waals surface area (Å²) in [6.07, 6.45) is -1.49. The Bertz CT molecular complexity index is 1040. The molecule has 3 heterocycles. The van der Waals surface area contributed by atoms with Crippen LogP contribution in [0.25, 0.3) is 11.0 Å². The number of halogens is 5. The lowest BCUT2D eigenvalue weighted by Gasteiger charge is -2.23. The van der Waals surface area contributed by atoms with Crippen LogP contribution in [0.4, 0.5) is 22.0 Å². The molecule has 2 aromatic heterocycles. The maximum atomic E-state index is 14.3. The van der Waals surface area contributed by atoms with E-state index in [2.05, 4.69) is 25.6 Å². The number of fused-ring (bicyclic) bond motifs is 1. The highest BCUT2D eigenvalue weighted by atomic mass is 19.4. The van der Waals surface area contributed by atoms with Crippen LogP contribution in [0.5, 0.6) is 0 Å². The van der Waals surface area contributed by atoms with Crippen LogP contribution in [0.15, 0.2) is 35.1 Å². The van der Waals surface area contributed by atoms with Gasteiger partial charge >= 0.3 is 6.18 Å². The van der Waals surface area contributed by atoms with E-state index in [1.165, 1.54) is 12.3 Å². The molecule has 1 amide bonds. The van der Waals surface area contributed by atoms with Gasteiger partial charge in [-0.2, -0.15) is 13.2 Å². The van der Waals surface area contributed by atoms with Gasteiger partial charge in [0.1, 0.15) is 29.4 Å². The fourth-order valence-electron chi connectivity index (χ4n) is 2.99. The summed E-state index contributed by atoms with van der Waals surface area (Å²) < 4.78 is 64.8. The number of alkyl halides is 3. The van der Waals surface area contributed by atoms with Crippen LogP contribution in [-0.4, -0.2) is 46.5 Å². The molecule has 1 fully saturated rings. The second-order valence-electron chi connectivity index (χ2n) is 6.82. The van der Waals surface area contributed by atoms with Gasteiger partial charge in [-0.15, -0.1) is 0 Å². The monoisotopic (exact) mass is 414 g/mol. The number of amidine groups is 1. The number of pyridine rings is 1. The van der Waals surface area contributed by atoms with Crippen LogP contribution < -0.4 is 16.0 Å². The van der Waals surface area contributed by atoms with Gasteiger partial charge in [-0.25, -0.2) is 18.8 Å². The molecule has 4 rings (SSSR count). The summed E-state index contributed by atoms with van der Waals surface area (Å²) in [6, 6.07) is 1.24. The van der Waals surface area contributed by atoms with E-state index < -0.39 is 35.8 Å². The number of carbonyl (C=O) groups is 1. The molecule has 2 aliphatic rings. The second kappa shape index (κ2) is 6.71. The van der Waals surface area contributed by atoms with Crippen LogP contribution in [0.1, 0.15) is 18.4 Å². The molecule has 1 aliphatic heterocycles. The van der Waals surface area contributed by atoms with Gasteiger partial charge in [0.2, 0.25) is 5.91 Å². The minimum atomic E-state index is -4.55. The van der Waals surface area contributed by atoms with E-state index in [9.17, 15) is 26.7 Å². The van der Waals surface area contributed by atoms with Crippen molar-refractivity contribution in [1.29, 1.82) is 0 Å². The van der Waals surface area contributed by atoms with E-state index in [1.807, 2.05) is 5.32 Å². The minimum Gasteiger partial charge on any atom is -0.363 e. The third-order valence-corrected chi connectivity index (χ3v) is 4.64. The summed E-state index contributed by atoms with van der Waals surface area (Å²) in [5.41, 5.74) is -0.497. The highest BCUT2D eigenvalue weighted by molar-refractivity contribution is 6.09. The largest absolute Gasteiger partial charge is 0.405 e. The van der Waals surface area contributed by atoms with E-state index in [4.69, 9.17) is 0 Å². The van der Waals surface area contributed by atoms with Gasteiger partial charge in [0.05, 0.1) is 12.7 Å². The first kappa shape index (κ1) is 19.2. The van der Waals surface area contributed by atoms with Crippen molar-refractivity contribution in [2.75, 3.05) is 13.1 Å². The molecule has 0 spiro atoms. The number of aromatic nitrogens is 2. The predicted octanol–water partition coefficient (Wildman–Crippen LogP) is 1.99. The molecule has 7 nitrogen and oxygen atoms in total. The van der Waals surface area contributed by atoms with E-state index in [1.54, 1.807) is 0 Å². The molecule has 1 aliphatic carbocycles. The number of hydrogen-bond acceptors (Lipinski definition) is 5. The molecule has 0 saturated heterocycles. The number of H-pyrrole nitrogens is 1. The normalized spacial score (nSPS) is 18.3. The number of aromatic amines is 1. The van der Waals surface area contributed by atoms with Crippen LogP contribution >= 0.6 is 0 Å². The quantitative estimate of drug-likeness (QED) is 0.563. The smallest absolute Gasteiger partial charge is 0.363 e. The zero-order valence-corrected chi connectivity index (χ0v) is 14.8. The SMILES string of the molecule is O=C(NCC(F)(F)F)C1(NC2=C(F)CNC(c3c[nH]c4ncc(F)cc34)=N2)CC1. The Balaban J connectivity index is 1.57. The Hall–Kier alpha value is -3.18. The lowest BCUT2D eigenvalue weighted by molar-refractivity contribution is -0.140.